The first kappa shape index (κ1) is 17.1. The van der Waals surface area contributed by atoms with Gasteiger partial charge in [-0.05, 0) is 19.2 Å². The molecule has 8 nitrogen and oxygen atoms in total. The minimum Gasteiger partial charge on any atom is -0.478 e. The van der Waals surface area contributed by atoms with E-state index in [2.05, 4.69) is 10.00 Å². The van der Waals surface area contributed by atoms with Gasteiger partial charge < -0.3 is 10.8 Å². The van der Waals surface area contributed by atoms with Crippen molar-refractivity contribution < 1.29 is 14.7 Å². The lowest BCUT2D eigenvalue weighted by Crippen LogP contribution is -2.56. The van der Waals surface area contributed by atoms with Crippen molar-refractivity contribution in [2.45, 2.75) is 12.6 Å². The molecule has 1 fully saturated rings. The molecule has 1 atom stereocenters. The van der Waals surface area contributed by atoms with E-state index in [1.165, 1.54) is 0 Å². The second-order valence-corrected chi connectivity index (χ2v) is 6.25. The molecule has 0 radical (unpaired) electrons. The van der Waals surface area contributed by atoms with Gasteiger partial charge in [0.2, 0.25) is 5.91 Å². The highest BCUT2D eigenvalue weighted by Crippen LogP contribution is 2.16. The number of aromatic nitrogens is 2. The molecular formula is C17H21N5O3. The van der Waals surface area contributed by atoms with Gasteiger partial charge in [-0.25, -0.2) is 9.48 Å². The Bertz CT molecular complexity index is 788. The fourth-order valence-corrected chi connectivity index (χ4v) is 3.07. The summed E-state index contributed by atoms with van der Waals surface area (Å²) in [6, 6.07) is 6.44. The number of likely N-dealkylation sites (N-methyl/N-ethyl adjacent to an activating group) is 1. The topological polar surface area (TPSA) is 105 Å². The lowest BCUT2D eigenvalue weighted by atomic mass is 10.1. The van der Waals surface area contributed by atoms with Crippen molar-refractivity contribution in [3.8, 4) is 5.69 Å². The molecule has 1 amide bonds. The van der Waals surface area contributed by atoms with Crippen LogP contribution in [0.5, 0.6) is 0 Å². The van der Waals surface area contributed by atoms with Gasteiger partial charge in [-0.3, -0.25) is 14.6 Å². The summed E-state index contributed by atoms with van der Waals surface area (Å²) in [7, 11) is 1.90. The van der Waals surface area contributed by atoms with Crippen LogP contribution >= 0.6 is 0 Å². The van der Waals surface area contributed by atoms with Crippen LogP contribution in [0.1, 0.15) is 15.9 Å². The van der Waals surface area contributed by atoms with E-state index in [1.807, 2.05) is 18.1 Å². The van der Waals surface area contributed by atoms with E-state index in [1.54, 1.807) is 35.1 Å². The number of hydrogen-bond donors (Lipinski definition) is 2. The van der Waals surface area contributed by atoms with Crippen molar-refractivity contribution in [3.05, 3.63) is 47.8 Å². The number of primary amides is 1. The largest absolute Gasteiger partial charge is 0.478 e. The highest BCUT2D eigenvalue weighted by Gasteiger charge is 2.28. The first-order chi connectivity index (χ1) is 12.0. The molecule has 0 saturated carbocycles. The molecule has 3 rings (SSSR count). The smallest absolute Gasteiger partial charge is 0.337 e. The zero-order valence-electron chi connectivity index (χ0n) is 14.0. The van der Waals surface area contributed by atoms with Gasteiger partial charge in [-0.15, -0.1) is 0 Å². The van der Waals surface area contributed by atoms with Crippen molar-refractivity contribution in [3.63, 3.8) is 0 Å². The van der Waals surface area contributed by atoms with Crippen LogP contribution in [0.15, 0.2) is 36.7 Å². The molecule has 0 spiro atoms. The van der Waals surface area contributed by atoms with Gasteiger partial charge in [0.25, 0.3) is 0 Å². The lowest BCUT2D eigenvalue weighted by Gasteiger charge is -2.37. The molecule has 132 valence electrons. The Balaban J connectivity index is 1.75. The van der Waals surface area contributed by atoms with E-state index in [-0.39, 0.29) is 17.5 Å². The predicted octanol–water partition coefficient (Wildman–Crippen LogP) is 0.172. The van der Waals surface area contributed by atoms with Crippen molar-refractivity contribution >= 4 is 11.9 Å². The number of carboxylic acids is 1. The molecule has 1 aliphatic rings. The van der Waals surface area contributed by atoms with E-state index in [0.29, 0.717) is 18.8 Å². The van der Waals surface area contributed by atoms with Gasteiger partial charge in [0.05, 0.1) is 17.4 Å². The minimum atomic E-state index is -0.990. The predicted molar refractivity (Wildman–Crippen MR) is 91.4 cm³/mol. The minimum absolute atomic E-state index is 0.200. The number of amides is 1. The number of carbonyl (C=O) groups excluding carboxylic acids is 1. The van der Waals surface area contributed by atoms with Crippen LogP contribution in [-0.4, -0.2) is 69.3 Å². The molecule has 2 heterocycles. The Labute approximate surface area is 145 Å². The number of nitrogens with two attached hydrogens (primary N) is 1. The van der Waals surface area contributed by atoms with Gasteiger partial charge >= 0.3 is 5.97 Å². The fourth-order valence-electron chi connectivity index (χ4n) is 3.07. The summed E-state index contributed by atoms with van der Waals surface area (Å²) in [5, 5.41) is 13.6. The number of rotatable bonds is 5. The lowest BCUT2D eigenvalue weighted by molar-refractivity contribution is -0.125. The third-order valence-corrected chi connectivity index (χ3v) is 4.48. The van der Waals surface area contributed by atoms with Gasteiger partial charge in [-0.2, -0.15) is 5.10 Å². The molecule has 2 aromatic rings. The quantitative estimate of drug-likeness (QED) is 0.802. The SMILES string of the molecule is CN1CCN(Cc2cnn(-c3ccccc3C(=O)O)c2)C[C@@H]1C(N)=O. The van der Waals surface area contributed by atoms with E-state index >= 15 is 0 Å². The Morgan fingerprint density at radius 2 is 2.08 bits per heavy atom. The van der Waals surface area contributed by atoms with Gasteiger partial charge in [0.15, 0.2) is 0 Å². The summed E-state index contributed by atoms with van der Waals surface area (Å²) in [4.78, 5) is 27.0. The molecule has 25 heavy (non-hydrogen) atoms. The number of carboxylic acid groups (broad SMARTS) is 1. The van der Waals surface area contributed by atoms with Gasteiger partial charge in [-0.1, -0.05) is 12.1 Å². The monoisotopic (exact) mass is 343 g/mol. The van der Waals surface area contributed by atoms with Crippen molar-refractivity contribution in [1.29, 1.82) is 0 Å². The number of para-hydroxylation sites is 1. The van der Waals surface area contributed by atoms with Crippen LogP contribution in [0.2, 0.25) is 0 Å². The summed E-state index contributed by atoms with van der Waals surface area (Å²) >= 11 is 0. The summed E-state index contributed by atoms with van der Waals surface area (Å²) in [6.07, 6.45) is 3.54. The molecule has 1 saturated heterocycles. The molecule has 0 aliphatic carbocycles. The van der Waals surface area contributed by atoms with Crippen molar-refractivity contribution in [1.82, 2.24) is 19.6 Å². The molecule has 1 aliphatic heterocycles. The number of nitrogens with zero attached hydrogens (tertiary/aromatic N) is 4. The number of aromatic carboxylic acids is 1. The van der Waals surface area contributed by atoms with Crippen LogP contribution in [-0.2, 0) is 11.3 Å². The van der Waals surface area contributed by atoms with E-state index in [4.69, 9.17) is 5.73 Å². The average Bonchev–Trinajstić information content (AvgIpc) is 3.04. The van der Waals surface area contributed by atoms with Crippen molar-refractivity contribution in [2.24, 2.45) is 5.73 Å². The van der Waals surface area contributed by atoms with E-state index in [0.717, 1.165) is 18.7 Å². The average molecular weight is 343 g/mol. The molecule has 3 N–H and O–H groups in total. The molecule has 1 aromatic heterocycles. The first-order valence-corrected chi connectivity index (χ1v) is 8.04. The summed E-state index contributed by atoms with van der Waals surface area (Å²) < 4.78 is 1.57. The maximum absolute atomic E-state index is 11.5. The van der Waals surface area contributed by atoms with Crippen LogP contribution in [0, 0.1) is 0 Å². The normalized spacial score (nSPS) is 19.0. The highest BCUT2D eigenvalue weighted by atomic mass is 16.4. The molecule has 0 unspecified atom stereocenters. The van der Waals surface area contributed by atoms with Gasteiger partial charge in [0.1, 0.15) is 6.04 Å². The van der Waals surface area contributed by atoms with E-state index in [9.17, 15) is 14.7 Å². The number of piperazine rings is 1. The molecule has 0 bridgehead atoms. The zero-order valence-corrected chi connectivity index (χ0v) is 14.0. The number of benzene rings is 1. The van der Waals surface area contributed by atoms with Crippen molar-refractivity contribution in [2.75, 3.05) is 26.7 Å². The number of carbonyl (C=O) groups is 2. The Kier molecular flexibility index (Phi) is 4.82. The third kappa shape index (κ3) is 3.70. The second-order valence-electron chi connectivity index (χ2n) is 6.25. The number of hydrogen-bond acceptors (Lipinski definition) is 5. The van der Waals surface area contributed by atoms with Crippen LogP contribution in [0.4, 0.5) is 0 Å². The Morgan fingerprint density at radius 1 is 1.32 bits per heavy atom. The Morgan fingerprint density at radius 3 is 2.80 bits per heavy atom. The molecule has 8 heteroatoms. The summed E-state index contributed by atoms with van der Waals surface area (Å²) in [5.74, 6) is -1.31. The maximum atomic E-state index is 11.5. The molecule has 1 aromatic carbocycles. The fraction of sp³-hybridized carbons (Fsp3) is 0.353. The standard InChI is InChI=1S/C17H21N5O3/c1-20-6-7-21(11-15(20)16(18)23)9-12-8-19-22(10-12)14-5-3-2-4-13(14)17(24)25/h2-5,8,10,15H,6-7,9,11H2,1H3,(H2,18,23)(H,24,25)/t15-/m1/s1. The molecular weight excluding hydrogens is 322 g/mol. The van der Waals surface area contributed by atoms with Crippen LogP contribution in [0.3, 0.4) is 0 Å². The van der Waals surface area contributed by atoms with Crippen LogP contribution < -0.4 is 5.73 Å². The maximum Gasteiger partial charge on any atom is 0.337 e. The van der Waals surface area contributed by atoms with E-state index < -0.39 is 5.97 Å². The third-order valence-electron chi connectivity index (χ3n) is 4.48. The van der Waals surface area contributed by atoms with Gasteiger partial charge in [0, 0.05) is 37.9 Å². The first-order valence-electron chi connectivity index (χ1n) is 8.04. The zero-order chi connectivity index (χ0) is 18.0. The summed E-state index contributed by atoms with van der Waals surface area (Å²) in [6.45, 7) is 2.80. The van der Waals surface area contributed by atoms with Crippen LogP contribution in [0.25, 0.3) is 5.69 Å². The second kappa shape index (κ2) is 7.04. The highest BCUT2D eigenvalue weighted by molar-refractivity contribution is 5.91. The Hall–Kier alpha value is -2.71. The summed E-state index contributed by atoms with van der Waals surface area (Å²) in [5.41, 5.74) is 7.13.